The van der Waals surface area contributed by atoms with Crippen molar-refractivity contribution in [2.75, 3.05) is 29.9 Å². The number of nitrogens with zero attached hydrogens (tertiary/aromatic N) is 2. The maximum atomic E-state index is 13.0. The number of fused-ring (bicyclic) bond motifs is 2. The summed E-state index contributed by atoms with van der Waals surface area (Å²) in [6.07, 6.45) is 4.90. The first-order chi connectivity index (χ1) is 17.9. The number of likely N-dealkylation sites (N-methyl/N-ethyl adjacent to an activating group) is 1. The standard InChI is InChI=1S/C26H33N5O5S/c1-3-30-12-11-15-17(23(28-18(15)14-30)31-20(32)9-10-21(31)33)13-27-26(35)29-24-22(25(34)36-4-2)16-7-5-6-8-19(16)37-24/h28H,3-14H2,1-2H3,(H2,27,29,35). The summed E-state index contributed by atoms with van der Waals surface area (Å²) in [5.41, 5.74) is 4.23. The lowest BCUT2D eigenvalue weighted by Crippen LogP contribution is -2.33. The summed E-state index contributed by atoms with van der Waals surface area (Å²) >= 11 is 1.44. The molecule has 5 rings (SSSR count). The van der Waals surface area contributed by atoms with E-state index in [0.29, 0.717) is 22.9 Å². The average molecular weight is 528 g/mol. The molecule has 4 heterocycles. The van der Waals surface area contributed by atoms with Gasteiger partial charge in [-0.3, -0.25) is 19.8 Å². The van der Waals surface area contributed by atoms with Crippen molar-refractivity contribution in [1.82, 2.24) is 15.2 Å². The van der Waals surface area contributed by atoms with Crippen molar-refractivity contribution in [1.29, 1.82) is 0 Å². The Morgan fingerprint density at radius 1 is 1.03 bits per heavy atom. The van der Waals surface area contributed by atoms with Crippen molar-refractivity contribution in [3.63, 3.8) is 0 Å². The Morgan fingerprint density at radius 2 is 1.78 bits per heavy atom. The molecule has 2 aromatic heterocycles. The van der Waals surface area contributed by atoms with Crippen molar-refractivity contribution in [3.05, 3.63) is 32.8 Å². The highest BCUT2D eigenvalue weighted by molar-refractivity contribution is 7.17. The van der Waals surface area contributed by atoms with E-state index in [2.05, 4.69) is 27.4 Å². The number of imide groups is 1. The van der Waals surface area contributed by atoms with Gasteiger partial charge in [0.25, 0.3) is 0 Å². The molecule has 1 fully saturated rings. The SMILES string of the molecule is CCOC(=O)c1c(NC(=O)NCc2c(N3C(=O)CCC3=O)[nH]c3c2CCN(CC)C3)sc2c1CCCC2. The van der Waals surface area contributed by atoms with Crippen LogP contribution in [0.1, 0.15) is 77.2 Å². The number of carbonyl (C=O) groups excluding carboxylic acids is 4. The summed E-state index contributed by atoms with van der Waals surface area (Å²) in [5.74, 6) is -0.407. The number of aryl methyl sites for hydroxylation is 1. The fourth-order valence-corrected chi connectivity index (χ4v) is 6.77. The van der Waals surface area contributed by atoms with E-state index in [9.17, 15) is 19.2 Å². The van der Waals surface area contributed by atoms with Gasteiger partial charge in [-0.2, -0.15) is 0 Å². The maximum Gasteiger partial charge on any atom is 0.341 e. The molecule has 0 aromatic carbocycles. The van der Waals surface area contributed by atoms with Crippen LogP contribution in [0.5, 0.6) is 0 Å². The molecule has 1 aliphatic carbocycles. The zero-order valence-electron chi connectivity index (χ0n) is 21.3. The summed E-state index contributed by atoms with van der Waals surface area (Å²) in [5, 5.41) is 6.28. The summed E-state index contributed by atoms with van der Waals surface area (Å²) in [6, 6.07) is -0.449. The van der Waals surface area contributed by atoms with Gasteiger partial charge in [0.2, 0.25) is 11.8 Å². The molecule has 2 aromatic rings. The van der Waals surface area contributed by atoms with Gasteiger partial charge in [0.05, 0.1) is 12.2 Å². The van der Waals surface area contributed by atoms with Gasteiger partial charge in [0, 0.05) is 48.6 Å². The number of aromatic amines is 1. The Balaban J connectivity index is 1.38. The summed E-state index contributed by atoms with van der Waals surface area (Å²) in [6.45, 7) is 6.74. The molecule has 0 atom stereocenters. The van der Waals surface area contributed by atoms with E-state index in [4.69, 9.17) is 4.74 Å². The lowest BCUT2D eigenvalue weighted by Gasteiger charge is -2.25. The number of hydrogen-bond donors (Lipinski definition) is 3. The first-order valence-corrected chi connectivity index (χ1v) is 13.9. The molecule has 3 aliphatic rings. The van der Waals surface area contributed by atoms with Crippen LogP contribution < -0.4 is 15.5 Å². The third kappa shape index (κ3) is 4.89. The predicted octanol–water partition coefficient (Wildman–Crippen LogP) is 3.48. The lowest BCUT2D eigenvalue weighted by atomic mass is 9.95. The van der Waals surface area contributed by atoms with Crippen LogP contribution in [0.15, 0.2) is 0 Å². The second-order valence-corrected chi connectivity index (χ2v) is 10.7. The molecule has 0 bridgehead atoms. The number of ether oxygens (including phenoxy) is 1. The lowest BCUT2D eigenvalue weighted by molar-refractivity contribution is -0.121. The van der Waals surface area contributed by atoms with E-state index in [1.54, 1.807) is 6.92 Å². The Kier molecular flexibility index (Phi) is 7.34. The number of aromatic nitrogens is 1. The van der Waals surface area contributed by atoms with E-state index < -0.39 is 12.0 Å². The summed E-state index contributed by atoms with van der Waals surface area (Å²) < 4.78 is 5.28. The molecule has 0 radical (unpaired) electrons. The molecule has 10 nitrogen and oxygen atoms in total. The van der Waals surface area contributed by atoms with Crippen LogP contribution in [0.2, 0.25) is 0 Å². The van der Waals surface area contributed by atoms with Crippen LogP contribution in [-0.4, -0.2) is 53.4 Å². The Morgan fingerprint density at radius 3 is 2.51 bits per heavy atom. The Hall–Kier alpha value is -3.18. The van der Waals surface area contributed by atoms with Crippen LogP contribution in [0.3, 0.4) is 0 Å². The molecule has 198 valence electrons. The number of urea groups is 1. The molecule has 2 aliphatic heterocycles. The van der Waals surface area contributed by atoms with E-state index in [1.807, 2.05) is 0 Å². The minimum absolute atomic E-state index is 0.149. The zero-order chi connectivity index (χ0) is 26.1. The fraction of sp³-hybridized carbons (Fsp3) is 0.538. The van der Waals surface area contributed by atoms with Crippen molar-refractivity contribution in [2.45, 2.75) is 71.9 Å². The molecule has 0 saturated carbocycles. The van der Waals surface area contributed by atoms with Crippen LogP contribution >= 0.6 is 11.3 Å². The number of esters is 1. The Bertz CT molecular complexity index is 1230. The first-order valence-electron chi connectivity index (χ1n) is 13.1. The number of H-pyrrole nitrogens is 1. The number of nitrogens with one attached hydrogen (secondary N) is 3. The molecule has 0 unspecified atom stereocenters. The minimum atomic E-state index is -0.449. The average Bonchev–Trinajstić information content (AvgIpc) is 3.54. The van der Waals surface area contributed by atoms with E-state index >= 15 is 0 Å². The largest absolute Gasteiger partial charge is 0.462 e. The highest BCUT2D eigenvalue weighted by Crippen LogP contribution is 2.39. The molecule has 0 spiro atoms. The zero-order valence-corrected chi connectivity index (χ0v) is 22.1. The molecule has 37 heavy (non-hydrogen) atoms. The van der Waals surface area contributed by atoms with Gasteiger partial charge in [-0.25, -0.2) is 14.5 Å². The van der Waals surface area contributed by atoms with Crippen LogP contribution in [0, 0.1) is 0 Å². The van der Waals surface area contributed by atoms with Gasteiger partial charge in [-0.1, -0.05) is 6.92 Å². The van der Waals surface area contributed by atoms with Gasteiger partial charge in [0.1, 0.15) is 10.8 Å². The number of thiophene rings is 1. The summed E-state index contributed by atoms with van der Waals surface area (Å²) in [7, 11) is 0. The predicted molar refractivity (Wildman–Crippen MR) is 140 cm³/mol. The van der Waals surface area contributed by atoms with Crippen molar-refractivity contribution in [2.24, 2.45) is 0 Å². The molecule has 1 saturated heterocycles. The molecule has 3 N–H and O–H groups in total. The van der Waals surface area contributed by atoms with Crippen molar-refractivity contribution >= 4 is 46.0 Å². The van der Waals surface area contributed by atoms with Crippen LogP contribution in [-0.2, 0) is 46.7 Å². The second-order valence-electron chi connectivity index (χ2n) is 9.59. The fourth-order valence-electron chi connectivity index (χ4n) is 5.49. The third-order valence-corrected chi connectivity index (χ3v) is 8.58. The van der Waals surface area contributed by atoms with Gasteiger partial charge in [-0.15, -0.1) is 11.3 Å². The maximum absolute atomic E-state index is 13.0. The summed E-state index contributed by atoms with van der Waals surface area (Å²) in [4.78, 5) is 58.8. The highest BCUT2D eigenvalue weighted by atomic mass is 32.1. The molecular weight excluding hydrogens is 494 g/mol. The number of rotatable bonds is 7. The smallest absolute Gasteiger partial charge is 0.341 e. The van der Waals surface area contributed by atoms with E-state index in [1.165, 1.54) is 16.2 Å². The van der Waals surface area contributed by atoms with Crippen LogP contribution in [0.25, 0.3) is 0 Å². The molecule has 4 amide bonds. The van der Waals surface area contributed by atoms with Crippen molar-refractivity contribution in [3.8, 4) is 0 Å². The number of hydrogen-bond acceptors (Lipinski definition) is 7. The van der Waals surface area contributed by atoms with Gasteiger partial charge in [0.15, 0.2) is 0 Å². The van der Waals surface area contributed by atoms with Gasteiger partial charge < -0.3 is 15.0 Å². The van der Waals surface area contributed by atoms with Gasteiger partial charge >= 0.3 is 12.0 Å². The van der Waals surface area contributed by atoms with Gasteiger partial charge in [-0.05, 0) is 56.7 Å². The van der Waals surface area contributed by atoms with E-state index in [0.717, 1.165) is 72.5 Å². The second kappa shape index (κ2) is 10.7. The highest BCUT2D eigenvalue weighted by Gasteiger charge is 2.36. The quantitative estimate of drug-likeness (QED) is 0.374. The van der Waals surface area contributed by atoms with Crippen molar-refractivity contribution < 1.29 is 23.9 Å². The first kappa shape index (κ1) is 25.5. The van der Waals surface area contributed by atoms with Crippen LogP contribution in [0.4, 0.5) is 15.6 Å². The monoisotopic (exact) mass is 527 g/mol. The number of amides is 4. The third-order valence-electron chi connectivity index (χ3n) is 7.37. The normalized spacial score (nSPS) is 17.5. The van der Waals surface area contributed by atoms with E-state index in [-0.39, 0.29) is 37.8 Å². The molecule has 11 heteroatoms. The molecular formula is C26H33N5O5S. The minimum Gasteiger partial charge on any atom is -0.462 e. The topological polar surface area (TPSA) is 124 Å². The number of anilines is 2. The Labute approximate surface area is 219 Å². The number of carbonyl (C=O) groups is 4.